The molecule has 7 heteroatoms. The van der Waals surface area contributed by atoms with Crippen molar-refractivity contribution in [2.45, 2.75) is 45.4 Å². The lowest BCUT2D eigenvalue weighted by molar-refractivity contribution is 0.00403. The van der Waals surface area contributed by atoms with Gasteiger partial charge in [0.25, 0.3) is 0 Å². The van der Waals surface area contributed by atoms with Gasteiger partial charge in [0.1, 0.15) is 5.69 Å². The van der Waals surface area contributed by atoms with Crippen LogP contribution >= 0.6 is 22.7 Å². The fraction of sp³-hybridized carbons (Fsp3) is 0.444. The van der Waals surface area contributed by atoms with Gasteiger partial charge >= 0.3 is 0 Å². The molecular weight excluding hydrogens is 352 g/mol. The van der Waals surface area contributed by atoms with E-state index in [9.17, 15) is 0 Å². The molecule has 1 saturated heterocycles. The Kier molecular flexibility index (Phi) is 5.14. The Morgan fingerprint density at radius 2 is 2.32 bits per heavy atom. The summed E-state index contributed by atoms with van der Waals surface area (Å²) < 4.78 is 7.82. The van der Waals surface area contributed by atoms with Crippen LogP contribution in [0.4, 0.5) is 5.13 Å². The molecule has 1 aliphatic heterocycles. The van der Waals surface area contributed by atoms with Crippen LogP contribution < -0.4 is 5.32 Å². The Bertz CT molecular complexity index is 803. The minimum Gasteiger partial charge on any atom is -0.376 e. The van der Waals surface area contributed by atoms with Crippen LogP contribution in [0.15, 0.2) is 29.8 Å². The first-order chi connectivity index (χ1) is 12.3. The third kappa shape index (κ3) is 4.11. The molecule has 3 aromatic rings. The van der Waals surface area contributed by atoms with Gasteiger partial charge in [-0.2, -0.15) is 5.10 Å². The van der Waals surface area contributed by atoms with Gasteiger partial charge in [0, 0.05) is 17.7 Å². The van der Waals surface area contributed by atoms with Crippen molar-refractivity contribution in [3.63, 3.8) is 0 Å². The summed E-state index contributed by atoms with van der Waals surface area (Å²) in [7, 11) is 0. The molecule has 0 aliphatic carbocycles. The number of aromatic nitrogens is 3. The van der Waals surface area contributed by atoms with E-state index >= 15 is 0 Å². The fourth-order valence-electron chi connectivity index (χ4n) is 3.03. The summed E-state index contributed by atoms with van der Waals surface area (Å²) in [4.78, 5) is 7.10. The Labute approximate surface area is 155 Å². The number of nitrogens with zero attached hydrogens (tertiary/aromatic N) is 3. The number of hydrogen-bond acceptors (Lipinski definition) is 6. The molecule has 5 nitrogen and oxygen atoms in total. The van der Waals surface area contributed by atoms with Crippen molar-refractivity contribution in [3.05, 3.63) is 40.3 Å². The van der Waals surface area contributed by atoms with E-state index in [4.69, 9.17) is 9.84 Å². The molecule has 0 radical (unpaired) electrons. The zero-order valence-electron chi connectivity index (χ0n) is 14.3. The summed E-state index contributed by atoms with van der Waals surface area (Å²) in [6.45, 7) is 4.58. The van der Waals surface area contributed by atoms with E-state index in [0.717, 1.165) is 47.5 Å². The maximum absolute atomic E-state index is 5.81. The number of ether oxygens (including phenoxy) is 1. The third-order valence-electron chi connectivity index (χ3n) is 4.33. The Morgan fingerprint density at radius 1 is 1.36 bits per heavy atom. The van der Waals surface area contributed by atoms with Gasteiger partial charge < -0.3 is 10.1 Å². The molecule has 0 saturated carbocycles. The predicted octanol–water partition coefficient (Wildman–Crippen LogP) is 4.56. The zero-order valence-corrected chi connectivity index (χ0v) is 15.9. The van der Waals surface area contributed by atoms with Crippen LogP contribution in [-0.4, -0.2) is 27.5 Å². The molecule has 1 fully saturated rings. The van der Waals surface area contributed by atoms with Gasteiger partial charge in [-0.15, -0.1) is 11.3 Å². The fourth-order valence-corrected chi connectivity index (χ4v) is 4.60. The van der Waals surface area contributed by atoms with Crippen molar-refractivity contribution in [2.24, 2.45) is 0 Å². The molecule has 1 atom stereocenters. The first-order valence-electron chi connectivity index (χ1n) is 8.67. The van der Waals surface area contributed by atoms with Gasteiger partial charge in [-0.3, -0.25) is 4.68 Å². The normalized spacial score (nSPS) is 17.7. The largest absolute Gasteiger partial charge is 0.376 e. The summed E-state index contributed by atoms with van der Waals surface area (Å²) in [6.07, 6.45) is 5.91. The highest BCUT2D eigenvalue weighted by molar-refractivity contribution is 7.19. The van der Waals surface area contributed by atoms with Crippen molar-refractivity contribution in [1.82, 2.24) is 14.8 Å². The lowest BCUT2D eigenvalue weighted by Crippen LogP contribution is -2.24. The molecule has 3 aromatic heterocycles. The standard InChI is InChI=1S/C18H22N4OS2/c1-13-17(25-18(20-13)19-11-15-6-4-10-24-15)16-7-8-22(21-16)12-14-5-2-3-9-23-14/h4,6-8,10,14H,2-3,5,9,11-12H2,1H3,(H,19,20). The van der Waals surface area contributed by atoms with E-state index in [1.54, 1.807) is 22.7 Å². The Balaban J connectivity index is 1.42. The highest BCUT2D eigenvalue weighted by Gasteiger charge is 2.16. The highest BCUT2D eigenvalue weighted by Crippen LogP contribution is 2.32. The van der Waals surface area contributed by atoms with E-state index in [1.165, 1.54) is 17.7 Å². The molecule has 0 amide bonds. The molecule has 25 heavy (non-hydrogen) atoms. The van der Waals surface area contributed by atoms with E-state index in [0.29, 0.717) is 6.10 Å². The lowest BCUT2D eigenvalue weighted by atomic mass is 10.1. The Morgan fingerprint density at radius 3 is 3.12 bits per heavy atom. The van der Waals surface area contributed by atoms with Crippen molar-refractivity contribution in [1.29, 1.82) is 0 Å². The summed E-state index contributed by atoms with van der Waals surface area (Å²) in [5.74, 6) is 0. The third-order valence-corrected chi connectivity index (χ3v) is 6.34. The minimum absolute atomic E-state index is 0.298. The first kappa shape index (κ1) is 16.8. The molecule has 4 rings (SSSR count). The summed E-state index contributed by atoms with van der Waals surface area (Å²) in [6, 6.07) is 6.28. The van der Waals surface area contributed by atoms with Gasteiger partial charge in [0.05, 0.1) is 29.8 Å². The van der Waals surface area contributed by atoms with Crippen LogP contribution in [0.5, 0.6) is 0 Å². The minimum atomic E-state index is 0.298. The lowest BCUT2D eigenvalue weighted by Gasteiger charge is -2.22. The van der Waals surface area contributed by atoms with Crippen molar-refractivity contribution in [2.75, 3.05) is 11.9 Å². The molecule has 0 aromatic carbocycles. The van der Waals surface area contributed by atoms with Crippen LogP contribution in [0.2, 0.25) is 0 Å². The van der Waals surface area contributed by atoms with E-state index in [2.05, 4.69) is 33.9 Å². The molecule has 1 N–H and O–H groups in total. The Hall–Kier alpha value is -1.70. The van der Waals surface area contributed by atoms with Crippen molar-refractivity contribution in [3.8, 4) is 10.6 Å². The van der Waals surface area contributed by atoms with Crippen LogP contribution in [-0.2, 0) is 17.8 Å². The van der Waals surface area contributed by atoms with Gasteiger partial charge in [0.15, 0.2) is 5.13 Å². The van der Waals surface area contributed by atoms with Crippen LogP contribution in [0, 0.1) is 6.92 Å². The number of nitrogens with one attached hydrogen (secondary N) is 1. The second kappa shape index (κ2) is 7.68. The highest BCUT2D eigenvalue weighted by atomic mass is 32.1. The SMILES string of the molecule is Cc1nc(NCc2cccs2)sc1-c1ccn(CC2CCCCO2)n1. The van der Waals surface area contributed by atoms with Crippen LogP contribution in [0.3, 0.4) is 0 Å². The quantitative estimate of drug-likeness (QED) is 0.687. The predicted molar refractivity (Wildman–Crippen MR) is 103 cm³/mol. The van der Waals surface area contributed by atoms with Gasteiger partial charge in [-0.05, 0) is 43.7 Å². The van der Waals surface area contributed by atoms with Crippen molar-refractivity contribution < 1.29 is 4.74 Å². The van der Waals surface area contributed by atoms with Gasteiger partial charge in [0.2, 0.25) is 0 Å². The smallest absolute Gasteiger partial charge is 0.183 e. The number of hydrogen-bond donors (Lipinski definition) is 1. The molecule has 0 spiro atoms. The van der Waals surface area contributed by atoms with Crippen LogP contribution in [0.25, 0.3) is 10.6 Å². The molecule has 132 valence electrons. The average Bonchev–Trinajstić information content (AvgIpc) is 3.35. The number of thiophene rings is 1. The summed E-state index contributed by atoms with van der Waals surface area (Å²) >= 11 is 3.43. The van der Waals surface area contributed by atoms with Crippen LogP contribution in [0.1, 0.15) is 29.8 Å². The first-order valence-corrected chi connectivity index (χ1v) is 10.4. The average molecular weight is 375 g/mol. The maximum atomic E-state index is 5.81. The van der Waals surface area contributed by atoms with E-state index in [1.807, 2.05) is 17.8 Å². The summed E-state index contributed by atoms with van der Waals surface area (Å²) in [5.41, 5.74) is 2.02. The number of thiazole rings is 1. The van der Waals surface area contributed by atoms with E-state index < -0.39 is 0 Å². The molecule has 1 unspecified atom stereocenters. The zero-order chi connectivity index (χ0) is 17.1. The topological polar surface area (TPSA) is 52.0 Å². The molecule has 1 aliphatic rings. The monoisotopic (exact) mass is 374 g/mol. The molecule has 4 heterocycles. The second-order valence-corrected chi connectivity index (χ2v) is 8.31. The van der Waals surface area contributed by atoms with Gasteiger partial charge in [-0.1, -0.05) is 17.4 Å². The van der Waals surface area contributed by atoms with Crippen molar-refractivity contribution >= 4 is 27.8 Å². The van der Waals surface area contributed by atoms with E-state index in [-0.39, 0.29) is 0 Å². The summed E-state index contributed by atoms with van der Waals surface area (Å²) in [5, 5.41) is 11.2. The molecular formula is C18H22N4OS2. The maximum Gasteiger partial charge on any atom is 0.183 e. The second-order valence-electron chi connectivity index (χ2n) is 6.28. The number of anilines is 1. The molecule has 0 bridgehead atoms. The number of rotatable bonds is 6. The van der Waals surface area contributed by atoms with Gasteiger partial charge in [-0.25, -0.2) is 4.98 Å². The number of aryl methyl sites for hydroxylation is 1.